The van der Waals surface area contributed by atoms with Crippen LogP contribution in [0.5, 0.6) is 0 Å². The third-order valence-corrected chi connectivity index (χ3v) is 5.81. The highest BCUT2D eigenvalue weighted by Crippen LogP contribution is 2.28. The highest BCUT2D eigenvalue weighted by atomic mass is 35.5. The predicted octanol–water partition coefficient (Wildman–Crippen LogP) is 2.86. The molecule has 0 saturated carbocycles. The van der Waals surface area contributed by atoms with Crippen molar-refractivity contribution < 1.29 is 9.59 Å². The van der Waals surface area contributed by atoms with E-state index in [4.69, 9.17) is 11.6 Å². The zero-order chi connectivity index (χ0) is 19.2. The van der Waals surface area contributed by atoms with Crippen LogP contribution in [0.25, 0.3) is 0 Å². The summed E-state index contributed by atoms with van der Waals surface area (Å²) in [6, 6.07) is 3.83. The fraction of sp³-hybridized carbons (Fsp3) is 0.650. The molecule has 0 aliphatic carbocycles. The average molecular weight is 393 g/mol. The van der Waals surface area contributed by atoms with Crippen LogP contribution < -0.4 is 10.2 Å². The lowest BCUT2D eigenvalue weighted by Gasteiger charge is -2.40. The van der Waals surface area contributed by atoms with Crippen molar-refractivity contribution in [3.63, 3.8) is 0 Å². The molecule has 1 N–H and O–H groups in total. The van der Waals surface area contributed by atoms with Gasteiger partial charge in [0.25, 0.3) is 0 Å². The summed E-state index contributed by atoms with van der Waals surface area (Å²) >= 11 is 5.91. The lowest BCUT2D eigenvalue weighted by Crippen LogP contribution is -2.50. The summed E-state index contributed by atoms with van der Waals surface area (Å²) in [6.45, 7) is 4.98. The minimum Gasteiger partial charge on any atom is -0.357 e. The van der Waals surface area contributed by atoms with Gasteiger partial charge < -0.3 is 15.1 Å². The first kappa shape index (κ1) is 19.9. The number of likely N-dealkylation sites (tertiary alicyclic amines) is 1. The van der Waals surface area contributed by atoms with Crippen molar-refractivity contribution in [2.24, 2.45) is 5.92 Å². The maximum absolute atomic E-state index is 13.1. The summed E-state index contributed by atoms with van der Waals surface area (Å²) in [5.74, 6) is 1.24. The quantitative estimate of drug-likeness (QED) is 0.836. The summed E-state index contributed by atoms with van der Waals surface area (Å²) in [5.41, 5.74) is 0. The first-order valence-corrected chi connectivity index (χ1v) is 10.4. The maximum atomic E-state index is 13.1. The van der Waals surface area contributed by atoms with Gasteiger partial charge >= 0.3 is 0 Å². The number of piperidine rings is 2. The van der Waals surface area contributed by atoms with E-state index in [1.54, 1.807) is 6.20 Å². The van der Waals surface area contributed by atoms with Crippen molar-refractivity contribution in [2.45, 2.75) is 51.5 Å². The van der Waals surface area contributed by atoms with Gasteiger partial charge in [0.1, 0.15) is 5.82 Å². The number of nitrogens with one attached hydrogen (secondary N) is 1. The fourth-order valence-electron chi connectivity index (χ4n) is 4.13. The van der Waals surface area contributed by atoms with Crippen molar-refractivity contribution in [1.29, 1.82) is 0 Å². The maximum Gasteiger partial charge on any atom is 0.226 e. The summed E-state index contributed by atoms with van der Waals surface area (Å²) < 4.78 is 0. The topological polar surface area (TPSA) is 65.5 Å². The molecule has 148 valence electrons. The second kappa shape index (κ2) is 9.40. The van der Waals surface area contributed by atoms with Gasteiger partial charge in [0.15, 0.2) is 0 Å². The van der Waals surface area contributed by atoms with Crippen LogP contribution in [0.15, 0.2) is 18.3 Å². The number of nitrogens with zero attached hydrogens (tertiary/aromatic N) is 3. The Bertz CT molecular complexity index is 644. The predicted molar refractivity (Wildman–Crippen MR) is 107 cm³/mol. The van der Waals surface area contributed by atoms with Gasteiger partial charge in [0.05, 0.1) is 5.02 Å². The second-order valence-corrected chi connectivity index (χ2v) is 7.87. The van der Waals surface area contributed by atoms with Gasteiger partial charge in [-0.3, -0.25) is 9.59 Å². The Morgan fingerprint density at radius 2 is 1.96 bits per heavy atom. The van der Waals surface area contributed by atoms with Crippen molar-refractivity contribution in [3.8, 4) is 0 Å². The number of pyridine rings is 1. The molecule has 1 unspecified atom stereocenters. The van der Waals surface area contributed by atoms with Gasteiger partial charge in [0, 0.05) is 50.8 Å². The van der Waals surface area contributed by atoms with Gasteiger partial charge in [-0.25, -0.2) is 4.98 Å². The van der Waals surface area contributed by atoms with Gasteiger partial charge in [-0.15, -0.1) is 0 Å². The number of anilines is 1. The first-order valence-electron chi connectivity index (χ1n) is 10.0. The van der Waals surface area contributed by atoms with Crippen molar-refractivity contribution in [2.75, 3.05) is 31.1 Å². The molecule has 6 nitrogen and oxygen atoms in total. The Hall–Kier alpha value is -1.82. The van der Waals surface area contributed by atoms with E-state index in [-0.39, 0.29) is 23.8 Å². The lowest BCUT2D eigenvalue weighted by atomic mass is 9.91. The summed E-state index contributed by atoms with van der Waals surface area (Å²) in [5, 5.41) is 3.49. The number of hydrogen-bond acceptors (Lipinski definition) is 4. The molecule has 27 heavy (non-hydrogen) atoms. The van der Waals surface area contributed by atoms with Crippen LogP contribution in [0.2, 0.25) is 5.02 Å². The van der Waals surface area contributed by atoms with E-state index < -0.39 is 0 Å². The summed E-state index contributed by atoms with van der Waals surface area (Å²) in [6.07, 6.45) is 6.79. The SMILES string of the molecule is CCNC(=O)CC1CCCCN1C(=O)C1CCN(c2ccc(Cl)cn2)CC1. The molecule has 1 aromatic rings. The Morgan fingerprint density at radius 1 is 1.19 bits per heavy atom. The minimum atomic E-state index is 0.0448. The third kappa shape index (κ3) is 5.12. The molecule has 2 saturated heterocycles. The molecule has 1 aromatic heterocycles. The zero-order valence-electron chi connectivity index (χ0n) is 16.0. The molecule has 3 heterocycles. The molecule has 3 rings (SSSR count). The summed E-state index contributed by atoms with van der Waals surface area (Å²) in [4.78, 5) is 33.7. The Labute approximate surface area is 166 Å². The minimum absolute atomic E-state index is 0.0448. The number of amides is 2. The lowest BCUT2D eigenvalue weighted by molar-refractivity contribution is -0.141. The molecule has 1 atom stereocenters. The molecule has 0 spiro atoms. The second-order valence-electron chi connectivity index (χ2n) is 7.43. The largest absolute Gasteiger partial charge is 0.357 e. The summed E-state index contributed by atoms with van der Waals surface area (Å²) in [7, 11) is 0. The van der Waals surface area contributed by atoms with Gasteiger partial charge in [-0.05, 0) is 51.2 Å². The van der Waals surface area contributed by atoms with Crippen LogP contribution in [0.3, 0.4) is 0 Å². The van der Waals surface area contributed by atoms with Crippen LogP contribution in [0.4, 0.5) is 5.82 Å². The van der Waals surface area contributed by atoms with E-state index in [0.717, 1.165) is 57.6 Å². The van der Waals surface area contributed by atoms with Gasteiger partial charge in [-0.2, -0.15) is 0 Å². The van der Waals surface area contributed by atoms with Crippen LogP contribution >= 0.6 is 11.6 Å². The van der Waals surface area contributed by atoms with E-state index in [9.17, 15) is 9.59 Å². The molecule has 2 aliphatic heterocycles. The zero-order valence-corrected chi connectivity index (χ0v) is 16.7. The van der Waals surface area contributed by atoms with E-state index in [1.807, 2.05) is 24.0 Å². The Balaban J connectivity index is 1.56. The Kier molecular flexibility index (Phi) is 6.94. The van der Waals surface area contributed by atoms with E-state index in [0.29, 0.717) is 18.0 Å². The highest BCUT2D eigenvalue weighted by Gasteiger charge is 2.34. The molecule has 2 amide bonds. The van der Waals surface area contributed by atoms with Crippen molar-refractivity contribution in [3.05, 3.63) is 23.4 Å². The molecule has 2 fully saturated rings. The van der Waals surface area contributed by atoms with Crippen LogP contribution in [0, 0.1) is 5.92 Å². The molecule has 0 radical (unpaired) electrons. The number of rotatable bonds is 5. The van der Waals surface area contributed by atoms with E-state index in [1.165, 1.54) is 0 Å². The number of carbonyl (C=O) groups excluding carboxylic acids is 2. The standard InChI is InChI=1S/C20H29ClN4O2/c1-2-22-19(26)13-17-5-3-4-10-25(17)20(27)15-8-11-24(12-9-15)18-7-6-16(21)14-23-18/h6-7,14-15,17H,2-5,8-13H2,1H3,(H,22,26). The smallest absolute Gasteiger partial charge is 0.226 e. The van der Waals surface area contributed by atoms with Crippen LogP contribution in [0.1, 0.15) is 45.4 Å². The first-order chi connectivity index (χ1) is 13.1. The molecule has 7 heteroatoms. The van der Waals surface area contributed by atoms with Crippen LogP contribution in [-0.2, 0) is 9.59 Å². The molecule has 0 bridgehead atoms. The number of aromatic nitrogens is 1. The number of hydrogen-bond donors (Lipinski definition) is 1. The third-order valence-electron chi connectivity index (χ3n) is 5.59. The van der Waals surface area contributed by atoms with E-state index in [2.05, 4.69) is 15.2 Å². The van der Waals surface area contributed by atoms with Gasteiger partial charge in [-0.1, -0.05) is 11.6 Å². The fourth-order valence-corrected chi connectivity index (χ4v) is 4.24. The molecule has 2 aliphatic rings. The Morgan fingerprint density at radius 3 is 2.63 bits per heavy atom. The van der Waals surface area contributed by atoms with E-state index >= 15 is 0 Å². The molecular formula is C20H29ClN4O2. The number of halogens is 1. The monoisotopic (exact) mass is 392 g/mol. The van der Waals surface area contributed by atoms with Gasteiger partial charge in [0.2, 0.25) is 11.8 Å². The van der Waals surface area contributed by atoms with Crippen molar-refractivity contribution >= 4 is 29.2 Å². The normalized spacial score (nSPS) is 21.2. The number of carbonyl (C=O) groups is 2. The highest BCUT2D eigenvalue weighted by molar-refractivity contribution is 6.30. The molecule has 0 aromatic carbocycles. The average Bonchev–Trinajstić information content (AvgIpc) is 2.69. The van der Waals surface area contributed by atoms with Crippen molar-refractivity contribution in [1.82, 2.24) is 15.2 Å². The van der Waals surface area contributed by atoms with Crippen LogP contribution in [-0.4, -0.2) is 53.9 Å². The molecular weight excluding hydrogens is 364 g/mol.